The third kappa shape index (κ3) is 4.33. The minimum Gasteiger partial charge on any atom is -0.497 e. The number of carbonyl (C=O) groups excluding carboxylic acids is 1. The van der Waals surface area contributed by atoms with Crippen molar-refractivity contribution in [2.75, 3.05) is 45.7 Å². The van der Waals surface area contributed by atoms with Crippen LogP contribution >= 0.6 is 12.2 Å². The zero-order valence-electron chi connectivity index (χ0n) is 16.8. The van der Waals surface area contributed by atoms with Crippen molar-refractivity contribution in [1.82, 2.24) is 4.90 Å². The quantitative estimate of drug-likeness (QED) is 0.626. The van der Waals surface area contributed by atoms with Crippen LogP contribution in [0.2, 0.25) is 0 Å². The fraction of sp³-hybridized carbons (Fsp3) is 0.600. The average molecular weight is 408 g/mol. The van der Waals surface area contributed by atoms with Crippen LogP contribution in [-0.4, -0.2) is 61.9 Å². The molecule has 0 aliphatic carbocycles. The van der Waals surface area contributed by atoms with Gasteiger partial charge in [0, 0.05) is 49.8 Å². The number of hydrogen-bond donors (Lipinski definition) is 3. The second-order valence-electron chi connectivity index (χ2n) is 7.63. The summed E-state index contributed by atoms with van der Waals surface area (Å²) in [5.74, 6) is 1.23. The van der Waals surface area contributed by atoms with Crippen molar-refractivity contribution in [3.05, 3.63) is 18.2 Å². The highest BCUT2D eigenvalue weighted by atomic mass is 32.1. The van der Waals surface area contributed by atoms with Crippen molar-refractivity contribution in [3.8, 4) is 11.5 Å². The number of nitrogens with zero attached hydrogens (tertiary/aromatic N) is 1. The number of nitrogens with two attached hydrogens (primary N) is 1. The van der Waals surface area contributed by atoms with Crippen LogP contribution in [-0.2, 0) is 4.79 Å². The predicted octanol–water partition coefficient (Wildman–Crippen LogP) is 0.789. The maximum Gasteiger partial charge on any atom is 0.278 e. The van der Waals surface area contributed by atoms with E-state index in [0.29, 0.717) is 16.6 Å². The number of primary amides is 1. The van der Waals surface area contributed by atoms with Crippen molar-refractivity contribution in [2.24, 2.45) is 5.73 Å². The number of nitrogens with one attached hydrogen (secondary N) is 2. The number of anilines is 1. The molecule has 28 heavy (non-hydrogen) atoms. The molecule has 8 heteroatoms. The van der Waals surface area contributed by atoms with Crippen molar-refractivity contribution in [1.29, 1.82) is 0 Å². The molecule has 0 atom stereocenters. The number of thiocarbonyl (C=S) groups is 1. The molecule has 3 rings (SSSR count). The smallest absolute Gasteiger partial charge is 0.278 e. The summed E-state index contributed by atoms with van der Waals surface area (Å²) in [6.07, 6.45) is 5.07. The van der Waals surface area contributed by atoms with E-state index in [4.69, 9.17) is 27.4 Å². The van der Waals surface area contributed by atoms with Crippen LogP contribution in [0.15, 0.2) is 18.2 Å². The first-order valence-electron chi connectivity index (χ1n) is 9.92. The first-order valence-corrected chi connectivity index (χ1v) is 10.3. The molecular weight excluding hydrogens is 376 g/mol. The number of methoxy groups -OCH3 is 2. The van der Waals surface area contributed by atoms with Gasteiger partial charge in [0.1, 0.15) is 11.5 Å². The Kier molecular flexibility index (Phi) is 6.61. The molecule has 0 unspecified atom stereocenters. The Morgan fingerprint density at radius 3 is 2.18 bits per heavy atom. The van der Waals surface area contributed by atoms with E-state index >= 15 is 0 Å². The van der Waals surface area contributed by atoms with Crippen LogP contribution in [0, 0.1) is 0 Å². The van der Waals surface area contributed by atoms with E-state index in [0.717, 1.165) is 44.7 Å². The summed E-state index contributed by atoms with van der Waals surface area (Å²) < 4.78 is 10.6. The average Bonchev–Trinajstić information content (AvgIpc) is 2.73. The predicted molar refractivity (Wildman–Crippen MR) is 113 cm³/mol. The molecule has 0 saturated carbocycles. The van der Waals surface area contributed by atoms with E-state index in [2.05, 4.69) is 10.2 Å². The van der Waals surface area contributed by atoms with Crippen molar-refractivity contribution >= 4 is 28.9 Å². The fourth-order valence-corrected chi connectivity index (χ4v) is 4.71. The summed E-state index contributed by atoms with van der Waals surface area (Å²) in [6, 6.07) is 5.58. The van der Waals surface area contributed by atoms with Crippen molar-refractivity contribution in [2.45, 2.75) is 37.6 Å². The lowest BCUT2D eigenvalue weighted by molar-refractivity contribution is -0.948. The Bertz CT molecular complexity index is 691. The van der Waals surface area contributed by atoms with Gasteiger partial charge in [-0.25, -0.2) is 0 Å². The summed E-state index contributed by atoms with van der Waals surface area (Å²) >= 11 is 5.62. The molecule has 2 fully saturated rings. The van der Waals surface area contributed by atoms with E-state index < -0.39 is 5.54 Å². The summed E-state index contributed by atoms with van der Waals surface area (Å²) in [4.78, 5) is 15.9. The van der Waals surface area contributed by atoms with Gasteiger partial charge in [-0.15, -0.1) is 0 Å². The molecule has 1 aromatic carbocycles. The molecule has 0 radical (unpaired) electrons. The van der Waals surface area contributed by atoms with Crippen LogP contribution in [0.3, 0.4) is 0 Å². The molecule has 2 aliphatic heterocycles. The van der Waals surface area contributed by atoms with Gasteiger partial charge in [-0.2, -0.15) is 0 Å². The summed E-state index contributed by atoms with van der Waals surface area (Å²) in [5.41, 5.74) is 6.25. The number of ether oxygens (including phenoxy) is 2. The lowest BCUT2D eigenvalue weighted by Gasteiger charge is -2.45. The van der Waals surface area contributed by atoms with Crippen molar-refractivity contribution in [3.63, 3.8) is 0 Å². The van der Waals surface area contributed by atoms with Gasteiger partial charge in [0.15, 0.2) is 10.7 Å². The highest BCUT2D eigenvalue weighted by Gasteiger charge is 2.49. The monoisotopic (exact) mass is 407 g/mol. The Balaban J connectivity index is 1.65. The van der Waals surface area contributed by atoms with Crippen LogP contribution in [0.5, 0.6) is 11.5 Å². The standard InChI is InChI=1S/C20H30N4O3S/c1-26-16-12-15(13-17(14-16)27-2)22-19(28)23-10-6-20(7-11-23,18(21)25)24-8-4-3-5-9-24/h12-14H,3-11H2,1-2H3,(H2,21,25)(H,22,28)/p+1. The number of quaternary nitrogens is 1. The zero-order valence-corrected chi connectivity index (χ0v) is 17.6. The molecular formula is C20H31N4O3S+. The molecule has 1 aromatic rings. The highest BCUT2D eigenvalue weighted by Crippen LogP contribution is 2.27. The van der Waals surface area contributed by atoms with Gasteiger partial charge in [-0.05, 0) is 31.5 Å². The molecule has 2 saturated heterocycles. The minimum absolute atomic E-state index is 0.166. The Morgan fingerprint density at radius 2 is 1.68 bits per heavy atom. The maximum atomic E-state index is 12.4. The van der Waals surface area contributed by atoms with Gasteiger partial charge in [0.2, 0.25) is 0 Å². The van der Waals surface area contributed by atoms with Gasteiger partial charge >= 0.3 is 0 Å². The molecule has 2 aliphatic rings. The molecule has 2 heterocycles. The number of benzene rings is 1. The largest absolute Gasteiger partial charge is 0.497 e. The van der Waals surface area contributed by atoms with E-state index in [1.807, 2.05) is 18.2 Å². The van der Waals surface area contributed by atoms with Gasteiger partial charge in [-0.3, -0.25) is 4.79 Å². The van der Waals surface area contributed by atoms with Crippen molar-refractivity contribution < 1.29 is 19.2 Å². The van der Waals surface area contributed by atoms with Gasteiger partial charge < -0.3 is 30.3 Å². The SMILES string of the molecule is COc1cc(NC(=S)N2CCC(C(N)=O)([NH+]3CCCCC3)CC2)cc(OC)c1. The second kappa shape index (κ2) is 8.96. The minimum atomic E-state index is -0.453. The number of piperidine rings is 2. The maximum absolute atomic E-state index is 12.4. The third-order valence-corrected chi connectivity index (χ3v) is 6.47. The van der Waals surface area contributed by atoms with E-state index in [-0.39, 0.29) is 5.91 Å². The summed E-state index contributed by atoms with van der Waals surface area (Å²) in [5, 5.41) is 3.91. The van der Waals surface area contributed by atoms with Gasteiger partial charge in [-0.1, -0.05) is 0 Å². The fourth-order valence-electron chi connectivity index (χ4n) is 4.40. The van der Waals surface area contributed by atoms with Gasteiger partial charge in [0.25, 0.3) is 5.91 Å². The van der Waals surface area contributed by atoms with E-state index in [1.54, 1.807) is 14.2 Å². The number of hydrogen-bond acceptors (Lipinski definition) is 4. The first-order chi connectivity index (χ1) is 13.5. The number of likely N-dealkylation sites (tertiary alicyclic amines) is 2. The van der Waals surface area contributed by atoms with Crippen LogP contribution < -0.4 is 25.4 Å². The topological polar surface area (TPSA) is 81.3 Å². The highest BCUT2D eigenvalue weighted by molar-refractivity contribution is 7.80. The van der Waals surface area contributed by atoms with Crippen LogP contribution in [0.4, 0.5) is 5.69 Å². The Morgan fingerprint density at radius 1 is 1.11 bits per heavy atom. The Labute approximate surface area is 172 Å². The third-order valence-electron chi connectivity index (χ3n) is 6.11. The summed E-state index contributed by atoms with van der Waals surface area (Å²) in [6.45, 7) is 3.52. The molecule has 154 valence electrons. The molecule has 1 amide bonds. The summed E-state index contributed by atoms with van der Waals surface area (Å²) in [7, 11) is 3.24. The number of amides is 1. The van der Waals surface area contributed by atoms with E-state index in [9.17, 15) is 4.79 Å². The molecule has 0 aromatic heterocycles. The Hall–Kier alpha value is -2.06. The number of carbonyl (C=O) groups is 1. The van der Waals surface area contributed by atoms with E-state index in [1.165, 1.54) is 24.2 Å². The van der Waals surface area contributed by atoms with Crippen LogP contribution in [0.1, 0.15) is 32.1 Å². The second-order valence-corrected chi connectivity index (χ2v) is 8.02. The lowest BCUT2D eigenvalue weighted by atomic mass is 9.83. The number of rotatable bonds is 5. The molecule has 0 spiro atoms. The normalized spacial score (nSPS) is 19.7. The van der Waals surface area contributed by atoms with Gasteiger partial charge in [0.05, 0.1) is 27.3 Å². The molecule has 4 N–H and O–H groups in total. The molecule has 0 bridgehead atoms. The first kappa shape index (κ1) is 20.7. The lowest BCUT2D eigenvalue weighted by Crippen LogP contribution is -3.22. The van der Waals surface area contributed by atoms with Crippen LogP contribution in [0.25, 0.3) is 0 Å². The zero-order chi connectivity index (χ0) is 20.1. The molecule has 7 nitrogen and oxygen atoms in total.